The van der Waals surface area contributed by atoms with E-state index in [9.17, 15) is 4.79 Å². The summed E-state index contributed by atoms with van der Waals surface area (Å²) < 4.78 is 0. The van der Waals surface area contributed by atoms with Crippen molar-refractivity contribution in [3.8, 4) is 45.0 Å². The van der Waals surface area contributed by atoms with Crippen LogP contribution in [-0.2, 0) is 5.41 Å². The molecule has 9 rings (SSSR count). The Kier molecular flexibility index (Phi) is 7.52. The lowest BCUT2D eigenvalue weighted by atomic mass is 9.59. The topological polar surface area (TPSA) is 42.9 Å². The highest BCUT2D eigenvalue weighted by atomic mass is 16.1. The van der Waals surface area contributed by atoms with Crippen LogP contribution in [0.5, 0.6) is 0 Å². The van der Waals surface area contributed by atoms with Gasteiger partial charge >= 0.3 is 0 Å². The zero-order valence-electron chi connectivity index (χ0n) is 27.8. The molecule has 240 valence electrons. The number of hydrogen-bond acceptors (Lipinski definition) is 3. The maximum Gasteiger partial charge on any atom is 0.193 e. The van der Waals surface area contributed by atoms with Crippen molar-refractivity contribution in [2.24, 2.45) is 0 Å². The van der Waals surface area contributed by atoms with E-state index in [1.807, 2.05) is 78.9 Å². The monoisotopic (exact) mass is 652 g/mol. The summed E-state index contributed by atoms with van der Waals surface area (Å²) >= 11 is 0. The third kappa shape index (κ3) is 5.19. The summed E-state index contributed by atoms with van der Waals surface area (Å²) in [6.07, 6.45) is 0. The van der Waals surface area contributed by atoms with Crippen LogP contribution in [0.4, 0.5) is 0 Å². The third-order valence-electron chi connectivity index (χ3n) is 9.97. The summed E-state index contributed by atoms with van der Waals surface area (Å²) in [6, 6.07) is 66.6. The second kappa shape index (κ2) is 12.6. The molecule has 0 aliphatic heterocycles. The lowest BCUT2D eigenvalue weighted by molar-refractivity contribution is 0.103. The van der Waals surface area contributed by atoms with Crippen LogP contribution in [0.15, 0.2) is 194 Å². The van der Waals surface area contributed by atoms with E-state index in [2.05, 4.69) is 115 Å². The van der Waals surface area contributed by atoms with E-state index >= 15 is 0 Å². The number of fused-ring (bicyclic) bond motifs is 2. The van der Waals surface area contributed by atoms with Crippen molar-refractivity contribution in [1.82, 2.24) is 9.97 Å². The Morgan fingerprint density at radius 2 is 0.784 bits per heavy atom. The lowest BCUT2D eigenvalue weighted by Gasteiger charge is -2.41. The summed E-state index contributed by atoms with van der Waals surface area (Å²) in [6.45, 7) is 0. The van der Waals surface area contributed by atoms with E-state index in [4.69, 9.17) is 9.97 Å². The Morgan fingerprint density at radius 1 is 0.353 bits per heavy atom. The van der Waals surface area contributed by atoms with Gasteiger partial charge in [0.25, 0.3) is 0 Å². The van der Waals surface area contributed by atoms with E-state index in [-0.39, 0.29) is 5.78 Å². The van der Waals surface area contributed by atoms with Crippen LogP contribution < -0.4 is 0 Å². The van der Waals surface area contributed by atoms with Gasteiger partial charge in [-0.3, -0.25) is 4.79 Å². The number of hydrogen-bond donors (Lipinski definition) is 0. The number of benzene rings is 7. The smallest absolute Gasteiger partial charge is 0.193 e. The molecule has 1 aromatic heterocycles. The van der Waals surface area contributed by atoms with Crippen LogP contribution in [0.2, 0.25) is 0 Å². The van der Waals surface area contributed by atoms with Crippen LogP contribution in [0.1, 0.15) is 38.2 Å². The second-order valence-corrected chi connectivity index (χ2v) is 12.9. The molecule has 7 aromatic carbocycles. The maximum absolute atomic E-state index is 13.9. The molecule has 0 fully saturated rings. The zero-order valence-corrected chi connectivity index (χ0v) is 27.8. The quantitative estimate of drug-likeness (QED) is 0.180. The Labute approximate surface area is 297 Å². The number of nitrogens with zero attached hydrogens (tertiary/aromatic N) is 2. The van der Waals surface area contributed by atoms with Crippen molar-refractivity contribution in [3.63, 3.8) is 0 Å². The molecule has 0 saturated carbocycles. The summed E-state index contributed by atoms with van der Waals surface area (Å²) in [4.78, 5) is 24.1. The van der Waals surface area contributed by atoms with E-state index in [0.29, 0.717) is 5.82 Å². The molecule has 0 bridgehead atoms. The first-order chi connectivity index (χ1) is 25.2. The van der Waals surface area contributed by atoms with Crippen LogP contribution >= 0.6 is 0 Å². The minimum Gasteiger partial charge on any atom is -0.289 e. The predicted octanol–water partition coefficient (Wildman–Crippen LogP) is 11.1. The Hall–Kier alpha value is -6.71. The number of carbonyl (C=O) groups excluding carboxylic acids is 1. The van der Waals surface area contributed by atoms with Crippen molar-refractivity contribution in [1.29, 1.82) is 0 Å². The molecule has 0 unspecified atom stereocenters. The molecule has 1 heterocycles. The Morgan fingerprint density at radius 3 is 1.37 bits per heavy atom. The first-order valence-corrected chi connectivity index (χ1v) is 17.2. The molecule has 8 aromatic rings. The van der Waals surface area contributed by atoms with Gasteiger partial charge in [0.05, 0.1) is 16.8 Å². The highest BCUT2D eigenvalue weighted by Gasteiger charge is 2.46. The van der Waals surface area contributed by atoms with Crippen molar-refractivity contribution in [2.75, 3.05) is 0 Å². The Balaban J connectivity index is 1.22. The van der Waals surface area contributed by atoms with E-state index < -0.39 is 5.41 Å². The average Bonchev–Trinajstić information content (AvgIpc) is 3.22. The van der Waals surface area contributed by atoms with Crippen molar-refractivity contribution in [3.05, 3.63) is 228 Å². The maximum atomic E-state index is 13.9. The fraction of sp³-hybridized carbons (Fsp3) is 0.0208. The zero-order chi connectivity index (χ0) is 34.2. The van der Waals surface area contributed by atoms with Crippen molar-refractivity contribution in [2.45, 2.75) is 5.41 Å². The lowest BCUT2D eigenvalue weighted by Crippen LogP contribution is -2.38. The highest BCUT2D eigenvalue weighted by Crippen LogP contribution is 2.51. The number of carbonyl (C=O) groups is 1. The SMILES string of the molecule is O=C1c2ccccc2C(c2ccccc2)(c2cccc(-c3cccc(-c4nc(-c5ccccc5)cc(-c5ccccc5)n4)c3)c2)c2ccccc21. The van der Waals surface area contributed by atoms with Crippen LogP contribution in [0.3, 0.4) is 0 Å². The molecule has 1 aliphatic carbocycles. The molecule has 0 atom stereocenters. The molecular formula is C48H32N2O. The fourth-order valence-corrected chi connectivity index (χ4v) is 7.64. The largest absolute Gasteiger partial charge is 0.289 e. The van der Waals surface area contributed by atoms with E-state index in [1.165, 1.54) is 0 Å². The van der Waals surface area contributed by atoms with E-state index in [1.54, 1.807) is 0 Å². The normalized spacial score (nSPS) is 12.9. The van der Waals surface area contributed by atoms with Gasteiger partial charge in [-0.15, -0.1) is 0 Å². The molecule has 51 heavy (non-hydrogen) atoms. The number of aromatic nitrogens is 2. The molecule has 3 heteroatoms. The first kappa shape index (κ1) is 30.4. The van der Waals surface area contributed by atoms with Crippen molar-refractivity contribution >= 4 is 5.78 Å². The molecule has 1 aliphatic rings. The van der Waals surface area contributed by atoms with E-state index in [0.717, 1.165) is 72.6 Å². The van der Waals surface area contributed by atoms with Gasteiger partial charge in [-0.1, -0.05) is 176 Å². The molecular weight excluding hydrogens is 621 g/mol. The van der Waals surface area contributed by atoms with Gasteiger partial charge in [0, 0.05) is 27.8 Å². The fourth-order valence-electron chi connectivity index (χ4n) is 7.64. The summed E-state index contributed by atoms with van der Waals surface area (Å²) in [5.41, 5.74) is 11.9. The minimum absolute atomic E-state index is 0.0595. The average molecular weight is 653 g/mol. The van der Waals surface area contributed by atoms with Gasteiger partial charge in [0.1, 0.15) is 0 Å². The number of rotatable bonds is 6. The van der Waals surface area contributed by atoms with Gasteiger partial charge in [-0.2, -0.15) is 0 Å². The van der Waals surface area contributed by atoms with Gasteiger partial charge in [0.2, 0.25) is 0 Å². The predicted molar refractivity (Wildman–Crippen MR) is 206 cm³/mol. The second-order valence-electron chi connectivity index (χ2n) is 12.9. The molecule has 3 nitrogen and oxygen atoms in total. The summed E-state index contributed by atoms with van der Waals surface area (Å²) in [7, 11) is 0. The van der Waals surface area contributed by atoms with Crippen LogP contribution in [0.25, 0.3) is 45.0 Å². The first-order valence-electron chi connectivity index (χ1n) is 17.2. The molecule has 0 saturated heterocycles. The van der Waals surface area contributed by atoms with Gasteiger partial charge in [0.15, 0.2) is 11.6 Å². The van der Waals surface area contributed by atoms with Gasteiger partial charge < -0.3 is 0 Å². The van der Waals surface area contributed by atoms with Gasteiger partial charge in [-0.25, -0.2) is 9.97 Å². The van der Waals surface area contributed by atoms with Crippen LogP contribution in [-0.4, -0.2) is 15.8 Å². The summed E-state index contributed by atoms with van der Waals surface area (Å²) in [5.74, 6) is 0.729. The molecule has 0 N–H and O–H groups in total. The molecule has 0 amide bonds. The third-order valence-corrected chi connectivity index (χ3v) is 9.97. The standard InChI is InChI=1S/C48H32N2O/c51-46-40-26-10-12-28-42(40)48(38-23-8-3-9-24-38,43-29-13-11-27-41(43)46)39-25-15-21-36(31-39)35-20-14-22-37(30-35)47-49-44(33-16-4-1-5-17-33)32-45(50-47)34-18-6-2-7-19-34/h1-32H. The van der Waals surface area contributed by atoms with Crippen LogP contribution in [0, 0.1) is 0 Å². The minimum atomic E-state index is -0.701. The number of ketones is 1. The molecule has 0 spiro atoms. The van der Waals surface area contributed by atoms with Gasteiger partial charge in [-0.05, 0) is 51.6 Å². The molecule has 0 radical (unpaired) electrons. The van der Waals surface area contributed by atoms with Crippen molar-refractivity contribution < 1.29 is 4.79 Å². The summed E-state index contributed by atoms with van der Waals surface area (Å²) in [5, 5.41) is 0. The highest BCUT2D eigenvalue weighted by molar-refractivity contribution is 6.14. The Bertz CT molecular complexity index is 2430.